The van der Waals surface area contributed by atoms with Crippen LogP contribution < -0.4 is 10.1 Å². The highest BCUT2D eigenvalue weighted by Gasteiger charge is 2.27. The summed E-state index contributed by atoms with van der Waals surface area (Å²) in [5, 5.41) is 2.56. The van der Waals surface area contributed by atoms with Gasteiger partial charge >= 0.3 is 0 Å². The lowest BCUT2D eigenvalue weighted by atomic mass is 10.2. The van der Waals surface area contributed by atoms with Crippen molar-refractivity contribution in [2.24, 2.45) is 0 Å². The molecule has 1 heterocycles. The Morgan fingerprint density at radius 1 is 1.12 bits per heavy atom. The van der Waals surface area contributed by atoms with Crippen LogP contribution in [0.3, 0.4) is 0 Å². The Morgan fingerprint density at radius 3 is 2.35 bits per heavy atom. The van der Waals surface area contributed by atoms with Crippen LogP contribution in [0.15, 0.2) is 47.4 Å². The van der Waals surface area contributed by atoms with E-state index >= 15 is 0 Å². The molecule has 1 amide bonds. The fourth-order valence-electron chi connectivity index (χ4n) is 2.79. The zero-order valence-corrected chi connectivity index (χ0v) is 15.1. The Balaban J connectivity index is 1.74. The van der Waals surface area contributed by atoms with Crippen molar-refractivity contribution >= 4 is 21.6 Å². The highest BCUT2D eigenvalue weighted by Crippen LogP contribution is 2.23. The number of benzene rings is 2. The number of hydrogen-bond acceptors (Lipinski definition) is 4. The van der Waals surface area contributed by atoms with Gasteiger partial charge in [-0.05, 0) is 49.2 Å². The van der Waals surface area contributed by atoms with Crippen LogP contribution in [0.25, 0.3) is 0 Å². The zero-order chi connectivity index (χ0) is 18.7. The van der Waals surface area contributed by atoms with Crippen LogP contribution in [-0.2, 0) is 10.0 Å². The van der Waals surface area contributed by atoms with Gasteiger partial charge in [-0.2, -0.15) is 4.31 Å². The van der Waals surface area contributed by atoms with Gasteiger partial charge in [0, 0.05) is 24.8 Å². The number of ether oxygens (including phenoxy) is 1. The van der Waals surface area contributed by atoms with Crippen molar-refractivity contribution in [3.05, 3.63) is 53.8 Å². The van der Waals surface area contributed by atoms with Gasteiger partial charge in [0.25, 0.3) is 5.91 Å². The standard InChI is InChI=1S/C18H19FN2O4S/c1-25-14-6-9-16(17(19)12-14)18(22)20-13-4-7-15(8-5-13)26(23,24)21-10-2-3-11-21/h4-9,12H,2-3,10-11H2,1H3,(H,20,22). The van der Waals surface area contributed by atoms with Gasteiger partial charge < -0.3 is 10.1 Å². The first-order valence-electron chi connectivity index (χ1n) is 8.17. The Kier molecular flexibility index (Phi) is 5.24. The highest BCUT2D eigenvalue weighted by atomic mass is 32.2. The van der Waals surface area contributed by atoms with Crippen LogP contribution >= 0.6 is 0 Å². The number of halogens is 1. The first-order valence-corrected chi connectivity index (χ1v) is 9.61. The second-order valence-corrected chi connectivity index (χ2v) is 7.87. The third-order valence-electron chi connectivity index (χ3n) is 4.24. The normalized spacial score (nSPS) is 15.0. The maximum absolute atomic E-state index is 14.0. The molecule has 0 bridgehead atoms. The van der Waals surface area contributed by atoms with E-state index in [2.05, 4.69) is 5.32 Å². The molecule has 0 saturated carbocycles. The summed E-state index contributed by atoms with van der Waals surface area (Å²) in [6.07, 6.45) is 1.72. The number of nitrogens with zero attached hydrogens (tertiary/aromatic N) is 1. The molecule has 0 aliphatic carbocycles. The van der Waals surface area contributed by atoms with Gasteiger partial charge in [-0.1, -0.05) is 0 Å². The van der Waals surface area contributed by atoms with Gasteiger partial charge in [0.15, 0.2) is 0 Å². The van der Waals surface area contributed by atoms with Gasteiger partial charge in [0.05, 0.1) is 17.6 Å². The van der Waals surface area contributed by atoms with Crippen molar-refractivity contribution in [2.75, 3.05) is 25.5 Å². The summed E-state index contributed by atoms with van der Waals surface area (Å²) in [6, 6.07) is 9.80. The molecule has 1 N–H and O–H groups in total. The van der Waals surface area contributed by atoms with Crippen molar-refractivity contribution in [1.82, 2.24) is 4.31 Å². The van der Waals surface area contributed by atoms with E-state index in [1.807, 2.05) is 0 Å². The van der Waals surface area contributed by atoms with E-state index in [1.54, 1.807) is 0 Å². The minimum atomic E-state index is -3.50. The largest absolute Gasteiger partial charge is 0.497 e. The molecular formula is C18H19FN2O4S. The van der Waals surface area contributed by atoms with Crippen LogP contribution in [0.2, 0.25) is 0 Å². The molecule has 8 heteroatoms. The van der Waals surface area contributed by atoms with E-state index in [4.69, 9.17) is 4.74 Å². The van der Waals surface area contributed by atoms with Gasteiger partial charge in [-0.3, -0.25) is 4.79 Å². The average Bonchev–Trinajstić information content (AvgIpc) is 3.17. The van der Waals surface area contributed by atoms with Crippen LogP contribution in [0.1, 0.15) is 23.2 Å². The predicted octanol–water partition coefficient (Wildman–Crippen LogP) is 2.87. The van der Waals surface area contributed by atoms with Crippen molar-refractivity contribution < 1.29 is 22.3 Å². The number of sulfonamides is 1. The molecule has 2 aromatic rings. The Bertz CT molecular complexity index is 907. The van der Waals surface area contributed by atoms with E-state index in [0.717, 1.165) is 18.9 Å². The SMILES string of the molecule is COc1ccc(C(=O)Nc2ccc(S(=O)(=O)N3CCCC3)cc2)c(F)c1. The summed E-state index contributed by atoms with van der Waals surface area (Å²) in [5.74, 6) is -1.01. The van der Waals surface area contributed by atoms with E-state index in [0.29, 0.717) is 24.5 Å². The Morgan fingerprint density at radius 2 is 1.77 bits per heavy atom. The number of amides is 1. The second kappa shape index (κ2) is 7.43. The quantitative estimate of drug-likeness (QED) is 0.868. The van der Waals surface area contributed by atoms with Crippen LogP contribution in [0.5, 0.6) is 5.75 Å². The second-order valence-electron chi connectivity index (χ2n) is 5.94. The maximum Gasteiger partial charge on any atom is 0.258 e. The number of carbonyl (C=O) groups excluding carboxylic acids is 1. The van der Waals surface area contributed by atoms with E-state index in [1.165, 1.54) is 47.8 Å². The van der Waals surface area contributed by atoms with Gasteiger partial charge in [-0.25, -0.2) is 12.8 Å². The summed E-state index contributed by atoms with van der Waals surface area (Å²) in [7, 11) is -2.09. The molecular weight excluding hydrogens is 359 g/mol. The molecule has 3 rings (SSSR count). The molecule has 6 nitrogen and oxygen atoms in total. The fraction of sp³-hybridized carbons (Fsp3) is 0.278. The monoisotopic (exact) mass is 378 g/mol. The van der Waals surface area contributed by atoms with Crippen molar-refractivity contribution in [3.8, 4) is 5.75 Å². The lowest BCUT2D eigenvalue weighted by molar-refractivity contribution is 0.102. The van der Waals surface area contributed by atoms with Gasteiger partial charge in [0.2, 0.25) is 10.0 Å². The Labute approximate surface area is 151 Å². The molecule has 0 unspecified atom stereocenters. The summed E-state index contributed by atoms with van der Waals surface area (Å²) in [5.41, 5.74) is 0.255. The lowest BCUT2D eigenvalue weighted by Gasteiger charge is -2.15. The Hall–Kier alpha value is -2.45. The van der Waals surface area contributed by atoms with Crippen molar-refractivity contribution in [2.45, 2.75) is 17.7 Å². The molecule has 1 aliphatic rings. The third-order valence-corrected chi connectivity index (χ3v) is 6.15. The number of carbonyl (C=O) groups is 1. The molecule has 26 heavy (non-hydrogen) atoms. The highest BCUT2D eigenvalue weighted by molar-refractivity contribution is 7.89. The fourth-order valence-corrected chi connectivity index (χ4v) is 4.31. The first kappa shape index (κ1) is 18.3. The molecule has 2 aromatic carbocycles. The molecule has 1 aliphatic heterocycles. The van der Waals surface area contributed by atoms with Crippen LogP contribution in [0.4, 0.5) is 10.1 Å². The molecule has 0 aromatic heterocycles. The van der Waals surface area contributed by atoms with E-state index in [-0.39, 0.29) is 10.5 Å². The summed E-state index contributed by atoms with van der Waals surface area (Å²) in [6.45, 7) is 1.05. The lowest BCUT2D eigenvalue weighted by Crippen LogP contribution is -2.27. The molecule has 1 saturated heterocycles. The molecule has 138 valence electrons. The van der Waals surface area contributed by atoms with Crippen LogP contribution in [-0.4, -0.2) is 38.8 Å². The molecule has 1 fully saturated rings. The minimum absolute atomic E-state index is 0.125. The number of hydrogen-bond donors (Lipinski definition) is 1. The first-order chi connectivity index (χ1) is 12.4. The topological polar surface area (TPSA) is 75.7 Å². The summed E-state index contributed by atoms with van der Waals surface area (Å²) in [4.78, 5) is 12.4. The van der Waals surface area contributed by atoms with Crippen molar-refractivity contribution in [1.29, 1.82) is 0 Å². The summed E-state index contributed by atoms with van der Waals surface area (Å²) >= 11 is 0. The van der Waals surface area contributed by atoms with Crippen LogP contribution in [0, 0.1) is 5.82 Å². The van der Waals surface area contributed by atoms with Gasteiger partial charge in [0.1, 0.15) is 11.6 Å². The average molecular weight is 378 g/mol. The third kappa shape index (κ3) is 3.71. The number of rotatable bonds is 5. The summed E-state index contributed by atoms with van der Waals surface area (Å²) < 4.78 is 45.3. The predicted molar refractivity (Wildman–Crippen MR) is 95.3 cm³/mol. The maximum atomic E-state index is 14.0. The number of nitrogens with one attached hydrogen (secondary N) is 1. The molecule has 0 spiro atoms. The zero-order valence-electron chi connectivity index (χ0n) is 14.2. The van der Waals surface area contributed by atoms with E-state index < -0.39 is 21.7 Å². The number of anilines is 1. The molecule has 0 atom stereocenters. The van der Waals surface area contributed by atoms with E-state index in [9.17, 15) is 17.6 Å². The smallest absolute Gasteiger partial charge is 0.258 e. The van der Waals surface area contributed by atoms with Gasteiger partial charge in [-0.15, -0.1) is 0 Å². The van der Waals surface area contributed by atoms with Crippen molar-refractivity contribution in [3.63, 3.8) is 0 Å². The number of methoxy groups -OCH3 is 1. The molecule has 0 radical (unpaired) electrons. The minimum Gasteiger partial charge on any atom is -0.497 e.